The Hall–Kier alpha value is -4.28. The maximum atomic E-state index is 12.9. The molecule has 11 heteroatoms. The van der Waals surface area contributed by atoms with E-state index in [0.29, 0.717) is 16.8 Å². The van der Waals surface area contributed by atoms with Gasteiger partial charge in [-0.3, -0.25) is 9.59 Å². The Labute approximate surface area is 198 Å². The van der Waals surface area contributed by atoms with Gasteiger partial charge in [-0.05, 0) is 29.3 Å². The summed E-state index contributed by atoms with van der Waals surface area (Å²) >= 11 is 0. The molecule has 0 bridgehead atoms. The largest absolute Gasteiger partial charge is 0.469 e. The molecule has 2 amide bonds. The van der Waals surface area contributed by atoms with Gasteiger partial charge < -0.3 is 24.7 Å². The van der Waals surface area contributed by atoms with Crippen molar-refractivity contribution >= 4 is 23.7 Å². The summed E-state index contributed by atoms with van der Waals surface area (Å²) in [5, 5.41) is 5.10. The average Bonchev–Trinajstić information content (AvgIpc) is 3.16. The normalized spacial score (nSPS) is 11.0. The van der Waals surface area contributed by atoms with E-state index in [4.69, 9.17) is 4.74 Å². The smallest absolute Gasteiger partial charge is 0.416 e. The van der Waals surface area contributed by atoms with Gasteiger partial charge in [0.15, 0.2) is 0 Å². The first kappa shape index (κ1) is 25.3. The van der Waals surface area contributed by atoms with Gasteiger partial charge in [-0.1, -0.05) is 30.3 Å². The van der Waals surface area contributed by atoms with Crippen LogP contribution in [0.3, 0.4) is 0 Å². The maximum absolute atomic E-state index is 12.9. The van der Waals surface area contributed by atoms with E-state index in [9.17, 15) is 27.6 Å². The number of methoxy groups -OCH3 is 1. The number of aryl methyl sites for hydroxylation is 1. The summed E-state index contributed by atoms with van der Waals surface area (Å²) < 4.78 is 49.7. The predicted molar refractivity (Wildman–Crippen MR) is 121 cm³/mol. The number of amides is 2. The molecule has 2 N–H and O–H groups in total. The van der Waals surface area contributed by atoms with Crippen LogP contribution in [0.4, 0.5) is 23.7 Å². The zero-order valence-corrected chi connectivity index (χ0v) is 18.8. The lowest BCUT2D eigenvalue weighted by molar-refractivity contribution is -0.140. The molecule has 2 aromatic carbocycles. The molecule has 0 aliphatic heterocycles. The fourth-order valence-corrected chi connectivity index (χ4v) is 3.18. The number of rotatable bonds is 7. The number of alkyl halides is 3. The molecule has 0 aliphatic rings. The Morgan fingerprint density at radius 3 is 2.37 bits per heavy atom. The topological polar surface area (TPSA) is 98.7 Å². The van der Waals surface area contributed by atoms with Crippen molar-refractivity contribution in [2.75, 3.05) is 19.0 Å². The first-order chi connectivity index (χ1) is 16.6. The van der Waals surface area contributed by atoms with Gasteiger partial charge in [0, 0.05) is 31.4 Å². The van der Waals surface area contributed by atoms with E-state index >= 15 is 0 Å². The average molecular weight is 489 g/mol. The number of carbonyl (C=O) groups is 3. The second-order valence-corrected chi connectivity index (χ2v) is 7.40. The number of hydrogen-bond acceptors (Lipinski definition) is 5. The predicted octanol–water partition coefficient (Wildman–Crippen LogP) is 4.61. The number of ether oxygens (including phenoxy) is 2. The molecule has 0 fully saturated rings. The molecule has 0 radical (unpaired) electrons. The summed E-state index contributed by atoms with van der Waals surface area (Å²) in [5.74, 6) is -0.849. The molecule has 184 valence electrons. The lowest BCUT2D eigenvalue weighted by atomic mass is 9.98. The fraction of sp³-hybridized carbons (Fsp3) is 0.208. The third kappa shape index (κ3) is 6.62. The molecule has 0 saturated heterocycles. The SMILES string of the molecule is COC(=O)CCNC(=O)Oc1cc(NC(=O)c2ccccc2-c2ccc(C(F)(F)F)cc2)cn1C. The van der Waals surface area contributed by atoms with E-state index < -0.39 is 29.7 Å². The van der Waals surface area contributed by atoms with Gasteiger partial charge in [-0.2, -0.15) is 13.2 Å². The first-order valence-corrected chi connectivity index (χ1v) is 10.4. The highest BCUT2D eigenvalue weighted by atomic mass is 19.4. The summed E-state index contributed by atoms with van der Waals surface area (Å²) in [6.07, 6.45) is -3.74. The Balaban J connectivity index is 1.70. The molecule has 0 spiro atoms. The highest BCUT2D eigenvalue weighted by molar-refractivity contribution is 6.08. The monoisotopic (exact) mass is 489 g/mol. The summed E-state index contributed by atoms with van der Waals surface area (Å²) in [6.45, 7) is 0.0280. The van der Waals surface area contributed by atoms with Gasteiger partial charge in [0.2, 0.25) is 5.88 Å². The molecule has 1 heterocycles. The van der Waals surface area contributed by atoms with Gasteiger partial charge in [-0.25, -0.2) is 4.79 Å². The van der Waals surface area contributed by atoms with Crippen LogP contribution in [-0.4, -0.2) is 36.2 Å². The van der Waals surface area contributed by atoms with Crippen molar-refractivity contribution in [3.05, 3.63) is 71.9 Å². The molecule has 8 nitrogen and oxygen atoms in total. The Morgan fingerprint density at radius 1 is 1.03 bits per heavy atom. The molecular weight excluding hydrogens is 467 g/mol. The van der Waals surface area contributed by atoms with Crippen molar-refractivity contribution in [1.29, 1.82) is 0 Å². The number of aromatic nitrogens is 1. The summed E-state index contributed by atoms with van der Waals surface area (Å²) in [5.41, 5.74) is 0.700. The van der Waals surface area contributed by atoms with Crippen LogP contribution in [-0.2, 0) is 22.8 Å². The van der Waals surface area contributed by atoms with Gasteiger partial charge in [-0.15, -0.1) is 0 Å². The van der Waals surface area contributed by atoms with Crippen molar-refractivity contribution in [1.82, 2.24) is 9.88 Å². The Kier molecular flexibility index (Phi) is 7.80. The van der Waals surface area contributed by atoms with E-state index in [2.05, 4.69) is 15.4 Å². The van der Waals surface area contributed by atoms with Crippen molar-refractivity contribution in [2.24, 2.45) is 7.05 Å². The number of anilines is 1. The summed E-state index contributed by atoms with van der Waals surface area (Å²) in [7, 11) is 2.84. The van der Waals surface area contributed by atoms with Crippen LogP contribution in [0.25, 0.3) is 11.1 Å². The third-order valence-electron chi connectivity index (χ3n) is 4.94. The summed E-state index contributed by atoms with van der Waals surface area (Å²) in [6, 6.07) is 12.5. The highest BCUT2D eigenvalue weighted by Crippen LogP contribution is 2.32. The van der Waals surface area contributed by atoms with Crippen LogP contribution < -0.4 is 15.4 Å². The fourth-order valence-electron chi connectivity index (χ4n) is 3.18. The number of esters is 1. The van der Waals surface area contributed by atoms with Crippen molar-refractivity contribution in [3.8, 4) is 17.0 Å². The molecule has 3 aromatic rings. The second kappa shape index (κ2) is 10.8. The van der Waals surface area contributed by atoms with Crippen LogP contribution in [0.2, 0.25) is 0 Å². The van der Waals surface area contributed by atoms with Crippen molar-refractivity contribution < 1.29 is 37.0 Å². The number of nitrogens with zero attached hydrogens (tertiary/aromatic N) is 1. The van der Waals surface area contributed by atoms with Crippen LogP contribution in [0.15, 0.2) is 60.8 Å². The quantitative estimate of drug-likeness (QED) is 0.472. The van der Waals surface area contributed by atoms with Crippen molar-refractivity contribution in [3.63, 3.8) is 0 Å². The zero-order chi connectivity index (χ0) is 25.6. The molecule has 35 heavy (non-hydrogen) atoms. The maximum Gasteiger partial charge on any atom is 0.416 e. The molecule has 0 saturated carbocycles. The number of halogens is 3. The van der Waals surface area contributed by atoms with Crippen LogP contribution in [0.5, 0.6) is 5.88 Å². The molecule has 0 unspecified atom stereocenters. The van der Waals surface area contributed by atoms with E-state index in [-0.39, 0.29) is 24.4 Å². The van der Waals surface area contributed by atoms with E-state index in [1.807, 2.05) is 0 Å². The second-order valence-electron chi connectivity index (χ2n) is 7.40. The number of nitrogens with one attached hydrogen (secondary N) is 2. The Morgan fingerprint density at radius 2 is 1.71 bits per heavy atom. The first-order valence-electron chi connectivity index (χ1n) is 10.4. The van der Waals surface area contributed by atoms with E-state index in [1.165, 1.54) is 36.1 Å². The molecule has 0 atom stereocenters. The van der Waals surface area contributed by atoms with Gasteiger partial charge in [0.25, 0.3) is 5.91 Å². The molecular formula is C24H22F3N3O5. The highest BCUT2D eigenvalue weighted by Gasteiger charge is 2.30. The van der Waals surface area contributed by atoms with Crippen LogP contribution in [0, 0.1) is 0 Å². The van der Waals surface area contributed by atoms with Crippen LogP contribution >= 0.6 is 0 Å². The van der Waals surface area contributed by atoms with Gasteiger partial charge in [0.05, 0.1) is 24.8 Å². The minimum atomic E-state index is -4.46. The zero-order valence-electron chi connectivity index (χ0n) is 18.8. The van der Waals surface area contributed by atoms with Crippen molar-refractivity contribution in [2.45, 2.75) is 12.6 Å². The lowest BCUT2D eigenvalue weighted by Crippen LogP contribution is -2.29. The number of hydrogen-bond donors (Lipinski definition) is 2. The van der Waals surface area contributed by atoms with E-state index in [1.54, 1.807) is 31.3 Å². The third-order valence-corrected chi connectivity index (χ3v) is 4.94. The van der Waals surface area contributed by atoms with Gasteiger partial charge >= 0.3 is 18.2 Å². The molecule has 1 aromatic heterocycles. The molecule has 0 aliphatic carbocycles. The Bertz CT molecular complexity index is 1220. The molecule has 3 rings (SSSR count). The minimum absolute atomic E-state index is 0.0155. The lowest BCUT2D eigenvalue weighted by Gasteiger charge is -2.11. The number of benzene rings is 2. The summed E-state index contributed by atoms with van der Waals surface area (Å²) in [4.78, 5) is 36.0. The standard InChI is InChI=1S/C24H22F3N3O5/c1-30-14-17(13-20(30)35-23(33)28-12-11-21(31)34-2)29-22(32)19-6-4-3-5-18(19)15-7-9-16(10-8-15)24(25,26)27/h3-10,13-14H,11-12H2,1-2H3,(H,28,33)(H,29,32). The number of carbonyl (C=O) groups excluding carboxylic acids is 3. The minimum Gasteiger partial charge on any atom is -0.469 e. The van der Waals surface area contributed by atoms with Gasteiger partial charge in [0.1, 0.15) is 0 Å². The van der Waals surface area contributed by atoms with E-state index in [0.717, 1.165) is 12.1 Å². The van der Waals surface area contributed by atoms with Crippen LogP contribution in [0.1, 0.15) is 22.3 Å².